The lowest BCUT2D eigenvalue weighted by molar-refractivity contribution is 0.0762. The fourth-order valence-electron chi connectivity index (χ4n) is 2.95. The summed E-state index contributed by atoms with van der Waals surface area (Å²) in [5.74, 6) is 1.31. The van der Waals surface area contributed by atoms with Crippen molar-refractivity contribution in [1.82, 2.24) is 19.9 Å². The van der Waals surface area contributed by atoms with Crippen LogP contribution in [-0.4, -0.2) is 38.8 Å². The van der Waals surface area contributed by atoms with Gasteiger partial charge in [0.05, 0.1) is 0 Å². The fourth-order valence-corrected chi connectivity index (χ4v) is 3.69. The molecule has 3 heterocycles. The number of carbonyl (C=O) groups is 1. The van der Waals surface area contributed by atoms with Crippen LogP contribution in [0, 0.1) is 11.3 Å². The molecule has 1 saturated carbocycles. The fraction of sp³-hybridized carbons (Fsp3) is 0.429. The van der Waals surface area contributed by atoms with Crippen molar-refractivity contribution in [3.63, 3.8) is 0 Å². The highest BCUT2D eigenvalue weighted by Crippen LogP contribution is 2.57. The Labute approximate surface area is 120 Å². The van der Waals surface area contributed by atoms with Gasteiger partial charge in [0, 0.05) is 30.9 Å². The molecule has 1 aliphatic carbocycles. The predicted molar refractivity (Wildman–Crippen MR) is 75.3 cm³/mol. The summed E-state index contributed by atoms with van der Waals surface area (Å²) in [6, 6.07) is 1.76. The van der Waals surface area contributed by atoms with Gasteiger partial charge in [-0.3, -0.25) is 4.79 Å². The van der Waals surface area contributed by atoms with Crippen molar-refractivity contribution in [3.8, 4) is 10.8 Å². The second-order valence-corrected chi connectivity index (χ2v) is 6.71. The number of nitrogens with zero attached hydrogens (tertiary/aromatic N) is 4. The molecule has 0 aromatic carbocycles. The Bertz CT molecular complexity index is 671. The van der Waals surface area contributed by atoms with Crippen LogP contribution in [0.25, 0.3) is 10.8 Å². The highest BCUT2D eigenvalue weighted by Gasteiger charge is 2.57. The third-order valence-corrected chi connectivity index (χ3v) is 5.14. The maximum absolute atomic E-state index is 12.4. The summed E-state index contributed by atoms with van der Waals surface area (Å²) in [6.45, 7) is 4.00. The maximum Gasteiger partial charge on any atom is 0.273 e. The first kappa shape index (κ1) is 12.0. The standard InChI is InChI=1S/C14H14N4OS/c1-14-5-9(14)6-18(8-14)13(19)10-7-20-12(17-10)11-15-3-2-4-16-11/h2-4,7,9H,5-6,8H2,1H3. The Morgan fingerprint density at radius 1 is 1.45 bits per heavy atom. The lowest BCUT2D eigenvalue weighted by Crippen LogP contribution is -2.31. The first-order valence-electron chi connectivity index (χ1n) is 6.68. The molecule has 20 heavy (non-hydrogen) atoms. The number of fused-ring (bicyclic) bond motifs is 1. The minimum Gasteiger partial charge on any atom is -0.336 e. The average Bonchev–Trinajstić information content (AvgIpc) is 2.87. The maximum atomic E-state index is 12.4. The molecule has 0 radical (unpaired) electrons. The summed E-state index contributed by atoms with van der Waals surface area (Å²) in [5, 5.41) is 2.50. The zero-order valence-corrected chi connectivity index (χ0v) is 11.9. The van der Waals surface area contributed by atoms with Crippen LogP contribution in [0.15, 0.2) is 23.8 Å². The number of likely N-dealkylation sites (tertiary alicyclic amines) is 1. The molecule has 4 rings (SSSR count). The van der Waals surface area contributed by atoms with E-state index >= 15 is 0 Å². The quantitative estimate of drug-likeness (QED) is 0.848. The summed E-state index contributed by atoms with van der Waals surface area (Å²) in [7, 11) is 0. The third-order valence-electron chi connectivity index (χ3n) is 4.30. The van der Waals surface area contributed by atoms with Crippen molar-refractivity contribution in [3.05, 3.63) is 29.5 Å². The van der Waals surface area contributed by atoms with Gasteiger partial charge in [0.1, 0.15) is 5.69 Å². The van der Waals surface area contributed by atoms with Gasteiger partial charge < -0.3 is 4.90 Å². The second kappa shape index (κ2) is 4.09. The van der Waals surface area contributed by atoms with Crippen LogP contribution < -0.4 is 0 Å². The molecule has 0 bridgehead atoms. The monoisotopic (exact) mass is 286 g/mol. The van der Waals surface area contributed by atoms with Gasteiger partial charge in [-0.15, -0.1) is 11.3 Å². The molecule has 2 aliphatic rings. The summed E-state index contributed by atoms with van der Waals surface area (Å²) in [6.07, 6.45) is 4.62. The van der Waals surface area contributed by atoms with Crippen molar-refractivity contribution in [1.29, 1.82) is 0 Å². The summed E-state index contributed by atoms with van der Waals surface area (Å²) < 4.78 is 0. The number of carbonyl (C=O) groups excluding carboxylic acids is 1. The van der Waals surface area contributed by atoms with Crippen LogP contribution >= 0.6 is 11.3 Å². The topological polar surface area (TPSA) is 59.0 Å². The SMILES string of the molecule is CC12CC1CN(C(=O)c1csc(-c3ncccn3)n1)C2. The van der Waals surface area contributed by atoms with E-state index in [1.54, 1.807) is 23.8 Å². The molecular formula is C14H14N4OS. The lowest BCUT2D eigenvalue weighted by atomic mass is 10.1. The van der Waals surface area contributed by atoms with Gasteiger partial charge in [0.2, 0.25) is 0 Å². The zero-order valence-electron chi connectivity index (χ0n) is 11.1. The van der Waals surface area contributed by atoms with Gasteiger partial charge in [-0.05, 0) is 23.8 Å². The smallest absolute Gasteiger partial charge is 0.273 e. The Balaban J connectivity index is 1.55. The van der Waals surface area contributed by atoms with E-state index in [1.807, 2.05) is 4.90 Å². The van der Waals surface area contributed by atoms with Gasteiger partial charge in [-0.2, -0.15) is 0 Å². The first-order chi connectivity index (χ1) is 9.66. The molecule has 2 fully saturated rings. The number of thiazole rings is 1. The van der Waals surface area contributed by atoms with Crippen LogP contribution in [0.2, 0.25) is 0 Å². The van der Waals surface area contributed by atoms with Gasteiger partial charge in [0.25, 0.3) is 5.91 Å². The molecule has 0 spiro atoms. The van der Waals surface area contributed by atoms with Crippen LogP contribution in [0.5, 0.6) is 0 Å². The van der Waals surface area contributed by atoms with E-state index in [9.17, 15) is 4.79 Å². The van der Waals surface area contributed by atoms with Gasteiger partial charge >= 0.3 is 0 Å². The van der Waals surface area contributed by atoms with Crippen LogP contribution in [0.1, 0.15) is 23.8 Å². The van der Waals surface area contributed by atoms with Gasteiger partial charge in [0.15, 0.2) is 10.8 Å². The minimum atomic E-state index is 0.0388. The number of rotatable bonds is 2. The lowest BCUT2D eigenvalue weighted by Gasteiger charge is -2.18. The molecule has 2 unspecified atom stereocenters. The number of hydrogen-bond donors (Lipinski definition) is 0. The number of aromatic nitrogens is 3. The molecule has 6 heteroatoms. The predicted octanol–water partition coefficient (Wildman–Crippen LogP) is 2.08. The first-order valence-corrected chi connectivity index (χ1v) is 7.56. The summed E-state index contributed by atoms with van der Waals surface area (Å²) >= 11 is 1.42. The largest absolute Gasteiger partial charge is 0.336 e. The van der Waals surface area contributed by atoms with Crippen molar-refractivity contribution in [2.45, 2.75) is 13.3 Å². The Morgan fingerprint density at radius 3 is 2.95 bits per heavy atom. The van der Waals surface area contributed by atoms with Crippen molar-refractivity contribution >= 4 is 17.2 Å². The van der Waals surface area contributed by atoms with Crippen LogP contribution in [0.4, 0.5) is 0 Å². The number of hydrogen-bond acceptors (Lipinski definition) is 5. The molecule has 1 amide bonds. The molecule has 1 saturated heterocycles. The molecule has 2 aromatic rings. The zero-order chi connectivity index (χ0) is 13.7. The Morgan fingerprint density at radius 2 is 2.25 bits per heavy atom. The van der Waals surface area contributed by atoms with Gasteiger partial charge in [-0.1, -0.05) is 6.92 Å². The third kappa shape index (κ3) is 1.83. The Kier molecular flexibility index (Phi) is 2.44. The van der Waals surface area contributed by atoms with E-state index in [0.717, 1.165) is 13.1 Å². The molecule has 1 aliphatic heterocycles. The Hall–Kier alpha value is -1.82. The van der Waals surface area contributed by atoms with E-state index in [0.29, 0.717) is 27.9 Å². The molecule has 2 aromatic heterocycles. The number of piperidine rings is 1. The van der Waals surface area contributed by atoms with E-state index < -0.39 is 0 Å². The van der Waals surface area contributed by atoms with Crippen molar-refractivity contribution in [2.75, 3.05) is 13.1 Å². The van der Waals surface area contributed by atoms with E-state index in [-0.39, 0.29) is 5.91 Å². The highest BCUT2D eigenvalue weighted by atomic mass is 32.1. The number of amides is 1. The average molecular weight is 286 g/mol. The van der Waals surface area contributed by atoms with Crippen LogP contribution in [0.3, 0.4) is 0 Å². The van der Waals surface area contributed by atoms with Crippen molar-refractivity contribution < 1.29 is 4.79 Å². The molecule has 5 nitrogen and oxygen atoms in total. The van der Waals surface area contributed by atoms with E-state index in [2.05, 4.69) is 21.9 Å². The molecular weight excluding hydrogens is 272 g/mol. The summed E-state index contributed by atoms with van der Waals surface area (Å²) in [5.41, 5.74) is 0.888. The normalized spacial score (nSPS) is 27.4. The second-order valence-electron chi connectivity index (χ2n) is 5.85. The van der Waals surface area contributed by atoms with E-state index in [1.165, 1.54) is 17.8 Å². The van der Waals surface area contributed by atoms with Crippen LogP contribution in [-0.2, 0) is 0 Å². The minimum absolute atomic E-state index is 0.0388. The van der Waals surface area contributed by atoms with Crippen molar-refractivity contribution in [2.24, 2.45) is 11.3 Å². The molecule has 0 N–H and O–H groups in total. The summed E-state index contributed by atoms with van der Waals surface area (Å²) in [4.78, 5) is 27.1. The van der Waals surface area contributed by atoms with E-state index in [4.69, 9.17) is 0 Å². The highest BCUT2D eigenvalue weighted by molar-refractivity contribution is 7.13. The van der Waals surface area contributed by atoms with Gasteiger partial charge in [-0.25, -0.2) is 15.0 Å². The molecule has 2 atom stereocenters. The molecule has 102 valence electrons.